The Morgan fingerprint density at radius 2 is 2.29 bits per heavy atom. The molecule has 2 unspecified atom stereocenters. The lowest BCUT2D eigenvalue weighted by Crippen LogP contribution is -2.38. The smallest absolute Gasteiger partial charge is 0.173 e. The average Bonchev–Trinajstić information content (AvgIpc) is 2.77. The highest BCUT2D eigenvalue weighted by molar-refractivity contribution is 7.94. The van der Waals surface area contributed by atoms with Crippen molar-refractivity contribution < 1.29 is 18.3 Å². The van der Waals surface area contributed by atoms with E-state index >= 15 is 0 Å². The number of sulfone groups is 1. The number of hydrogen-bond acceptors (Lipinski definition) is 5. The van der Waals surface area contributed by atoms with Crippen molar-refractivity contribution in [3.05, 3.63) is 40.3 Å². The van der Waals surface area contributed by atoms with Crippen LogP contribution in [0.5, 0.6) is 5.75 Å². The van der Waals surface area contributed by atoms with Crippen LogP contribution < -0.4 is 10.1 Å². The van der Waals surface area contributed by atoms with E-state index in [1.54, 1.807) is 24.3 Å². The first kappa shape index (κ1) is 16.3. The van der Waals surface area contributed by atoms with Crippen LogP contribution in [-0.4, -0.2) is 44.6 Å². The summed E-state index contributed by atoms with van der Waals surface area (Å²) in [7, 11) is -3.08. The van der Waals surface area contributed by atoms with Crippen molar-refractivity contribution in [3.8, 4) is 5.75 Å². The van der Waals surface area contributed by atoms with Crippen molar-refractivity contribution in [2.24, 2.45) is 0 Å². The molecule has 7 heteroatoms. The normalized spacial score (nSPS) is 21.4. The summed E-state index contributed by atoms with van der Waals surface area (Å²) in [4.78, 5) is 0. The van der Waals surface area contributed by atoms with E-state index in [-0.39, 0.29) is 24.9 Å². The van der Waals surface area contributed by atoms with Gasteiger partial charge in [0.2, 0.25) is 0 Å². The number of benzene rings is 1. The third-order valence-electron chi connectivity index (χ3n) is 3.12. The minimum Gasteiger partial charge on any atom is -0.491 e. The number of rotatable bonds is 6. The van der Waals surface area contributed by atoms with Gasteiger partial charge < -0.3 is 15.2 Å². The molecule has 1 aromatic rings. The van der Waals surface area contributed by atoms with Crippen LogP contribution in [0.15, 0.2) is 29.7 Å². The topological polar surface area (TPSA) is 75.6 Å². The van der Waals surface area contributed by atoms with Crippen LogP contribution in [0.1, 0.15) is 5.56 Å². The average molecular weight is 332 g/mol. The van der Waals surface area contributed by atoms with Gasteiger partial charge >= 0.3 is 0 Å². The largest absolute Gasteiger partial charge is 0.491 e. The summed E-state index contributed by atoms with van der Waals surface area (Å²) >= 11 is 5.92. The molecule has 1 aliphatic heterocycles. The molecule has 0 saturated heterocycles. The fourth-order valence-corrected chi connectivity index (χ4v) is 3.34. The van der Waals surface area contributed by atoms with E-state index in [4.69, 9.17) is 16.3 Å². The van der Waals surface area contributed by atoms with Crippen molar-refractivity contribution in [2.75, 3.05) is 18.9 Å². The Balaban J connectivity index is 1.74. The first-order chi connectivity index (χ1) is 9.85. The SMILES string of the molecule is Cc1cc(OCC(O)CNC2C=CS(=O)(=O)C2)ccc1Cl. The molecule has 1 aromatic carbocycles. The minimum absolute atomic E-state index is 0.0386. The Kier molecular flexibility index (Phi) is 5.27. The van der Waals surface area contributed by atoms with Crippen molar-refractivity contribution in [1.29, 1.82) is 0 Å². The maximum Gasteiger partial charge on any atom is 0.173 e. The number of halogens is 1. The third kappa shape index (κ3) is 5.00. The third-order valence-corrected chi connectivity index (χ3v) is 4.94. The highest BCUT2D eigenvalue weighted by atomic mass is 35.5. The highest BCUT2D eigenvalue weighted by Gasteiger charge is 2.21. The van der Waals surface area contributed by atoms with Crippen molar-refractivity contribution in [3.63, 3.8) is 0 Å². The van der Waals surface area contributed by atoms with Gasteiger partial charge in [-0.25, -0.2) is 8.42 Å². The lowest BCUT2D eigenvalue weighted by atomic mass is 10.2. The molecule has 0 bridgehead atoms. The molecule has 2 atom stereocenters. The van der Waals surface area contributed by atoms with E-state index in [0.29, 0.717) is 10.8 Å². The predicted octanol–water partition coefficient (Wildman–Crippen LogP) is 1.29. The van der Waals surface area contributed by atoms with Crippen LogP contribution in [0.25, 0.3) is 0 Å². The maximum absolute atomic E-state index is 11.2. The second-order valence-corrected chi connectivity index (χ2v) is 7.39. The van der Waals surface area contributed by atoms with Gasteiger partial charge in [0.05, 0.1) is 5.75 Å². The molecule has 0 saturated carbocycles. The number of aryl methyl sites for hydroxylation is 1. The lowest BCUT2D eigenvalue weighted by Gasteiger charge is -2.16. The Hall–Kier alpha value is -1.08. The van der Waals surface area contributed by atoms with E-state index in [0.717, 1.165) is 5.56 Å². The molecular formula is C14H18ClNO4S. The number of hydrogen-bond donors (Lipinski definition) is 2. The van der Waals surface area contributed by atoms with Crippen molar-refractivity contribution in [2.45, 2.75) is 19.1 Å². The summed E-state index contributed by atoms with van der Waals surface area (Å²) in [6.45, 7) is 2.26. The van der Waals surface area contributed by atoms with Crippen LogP contribution in [0.4, 0.5) is 0 Å². The van der Waals surface area contributed by atoms with Gasteiger partial charge in [0.1, 0.15) is 18.5 Å². The van der Waals surface area contributed by atoms with Crippen LogP contribution in [0.2, 0.25) is 5.02 Å². The monoisotopic (exact) mass is 331 g/mol. The van der Waals surface area contributed by atoms with Crippen LogP contribution >= 0.6 is 11.6 Å². The second kappa shape index (κ2) is 6.79. The summed E-state index contributed by atoms with van der Waals surface area (Å²) in [6, 6.07) is 5.03. The molecule has 2 N–H and O–H groups in total. The van der Waals surface area contributed by atoms with Gasteiger partial charge in [-0.1, -0.05) is 17.7 Å². The first-order valence-corrected chi connectivity index (χ1v) is 8.66. The summed E-state index contributed by atoms with van der Waals surface area (Å²) in [5.74, 6) is 0.677. The van der Waals surface area contributed by atoms with Gasteiger partial charge in [0.15, 0.2) is 9.84 Å². The predicted molar refractivity (Wildman–Crippen MR) is 82.4 cm³/mol. The van der Waals surface area contributed by atoms with Gasteiger partial charge in [0, 0.05) is 23.0 Å². The van der Waals surface area contributed by atoms with E-state index < -0.39 is 15.9 Å². The number of ether oxygens (including phenoxy) is 1. The van der Waals surface area contributed by atoms with E-state index in [1.165, 1.54) is 5.41 Å². The van der Waals surface area contributed by atoms with Crippen LogP contribution in [0.3, 0.4) is 0 Å². The number of nitrogens with one attached hydrogen (secondary N) is 1. The Labute approximate surface area is 129 Å². The number of aliphatic hydroxyl groups excluding tert-OH is 1. The molecule has 0 amide bonds. The summed E-state index contributed by atoms with van der Waals surface area (Å²) in [5.41, 5.74) is 0.906. The minimum atomic E-state index is -3.08. The zero-order chi connectivity index (χ0) is 15.5. The first-order valence-electron chi connectivity index (χ1n) is 6.57. The highest BCUT2D eigenvalue weighted by Crippen LogP contribution is 2.21. The molecule has 0 spiro atoms. The van der Waals surface area contributed by atoms with Crippen molar-refractivity contribution in [1.82, 2.24) is 5.32 Å². The van der Waals surface area contributed by atoms with Crippen LogP contribution in [0, 0.1) is 6.92 Å². The van der Waals surface area contributed by atoms with E-state index in [2.05, 4.69) is 5.32 Å². The standard InChI is InChI=1S/C14H18ClNO4S/c1-10-6-13(2-3-14(10)15)20-8-12(17)7-16-11-4-5-21(18,19)9-11/h2-6,11-12,16-17H,7-9H2,1H3. The molecule has 0 aliphatic carbocycles. The Morgan fingerprint density at radius 1 is 1.52 bits per heavy atom. The fourth-order valence-electron chi connectivity index (χ4n) is 1.95. The quantitative estimate of drug-likeness (QED) is 0.821. The molecule has 1 aliphatic rings. The molecule has 5 nitrogen and oxygen atoms in total. The molecule has 21 heavy (non-hydrogen) atoms. The van der Waals surface area contributed by atoms with E-state index in [9.17, 15) is 13.5 Å². The zero-order valence-corrected chi connectivity index (χ0v) is 13.2. The lowest BCUT2D eigenvalue weighted by molar-refractivity contribution is 0.105. The Bertz CT molecular complexity index is 630. The Morgan fingerprint density at radius 3 is 2.90 bits per heavy atom. The summed E-state index contributed by atoms with van der Waals surface area (Å²) < 4.78 is 27.9. The summed E-state index contributed by atoms with van der Waals surface area (Å²) in [5, 5.41) is 14.7. The fraction of sp³-hybridized carbons (Fsp3) is 0.429. The second-order valence-electron chi connectivity index (χ2n) is 5.05. The molecule has 0 radical (unpaired) electrons. The molecule has 2 rings (SSSR count). The van der Waals surface area contributed by atoms with Gasteiger partial charge in [-0.3, -0.25) is 0 Å². The number of aliphatic hydroxyl groups is 1. The molecular weight excluding hydrogens is 314 g/mol. The zero-order valence-electron chi connectivity index (χ0n) is 11.6. The molecule has 116 valence electrons. The molecule has 1 heterocycles. The van der Waals surface area contributed by atoms with Gasteiger partial charge in [-0.2, -0.15) is 0 Å². The van der Waals surface area contributed by atoms with Gasteiger partial charge in [0.25, 0.3) is 0 Å². The van der Waals surface area contributed by atoms with Gasteiger partial charge in [-0.15, -0.1) is 0 Å². The maximum atomic E-state index is 11.2. The summed E-state index contributed by atoms with van der Waals surface area (Å²) in [6.07, 6.45) is 0.864. The molecule has 0 fully saturated rings. The van der Waals surface area contributed by atoms with Gasteiger partial charge in [-0.05, 0) is 30.7 Å². The van der Waals surface area contributed by atoms with E-state index in [1.807, 2.05) is 6.92 Å². The van der Waals surface area contributed by atoms with Crippen LogP contribution in [-0.2, 0) is 9.84 Å². The molecule has 0 aromatic heterocycles. The van der Waals surface area contributed by atoms with Crippen molar-refractivity contribution >= 4 is 21.4 Å².